The van der Waals surface area contributed by atoms with E-state index in [1.807, 2.05) is 48.2 Å². The molecule has 3 aliphatic rings. The van der Waals surface area contributed by atoms with Gasteiger partial charge in [-0.2, -0.15) is 0 Å². The third kappa shape index (κ3) is 3.30. The van der Waals surface area contributed by atoms with Gasteiger partial charge in [-0.05, 0) is 37.6 Å². The Morgan fingerprint density at radius 1 is 1.03 bits per heavy atom. The summed E-state index contributed by atoms with van der Waals surface area (Å²) in [5.41, 5.74) is 0.480. The standard InChI is InChI=1S/C24H27N5O3/c1-24-11-9-22(31)29(24)19-7-3-2-6-18(19)23(32)28(24)13-10-21(30)27-16-14-26(15-17-27)20-8-4-5-12-25-20/h2-8,12H,9-11,13-17H2,1H3. The summed E-state index contributed by atoms with van der Waals surface area (Å²) in [5.74, 6) is 0.879. The summed E-state index contributed by atoms with van der Waals surface area (Å²) in [5, 5.41) is 0. The minimum atomic E-state index is -0.722. The Morgan fingerprint density at radius 2 is 1.78 bits per heavy atom. The molecule has 1 atom stereocenters. The highest BCUT2D eigenvalue weighted by atomic mass is 16.2. The van der Waals surface area contributed by atoms with Crippen LogP contribution in [0.4, 0.5) is 11.5 Å². The quantitative estimate of drug-likeness (QED) is 0.738. The van der Waals surface area contributed by atoms with Gasteiger partial charge < -0.3 is 14.7 Å². The zero-order chi connectivity index (χ0) is 22.3. The SMILES string of the molecule is CC12CCC(=O)N1c1ccccc1C(=O)N2CCC(=O)N1CCN(c2ccccn2)CC1. The number of hydrogen-bond acceptors (Lipinski definition) is 5. The monoisotopic (exact) mass is 433 g/mol. The number of hydrogen-bond donors (Lipinski definition) is 0. The van der Waals surface area contributed by atoms with Crippen LogP contribution in [0.25, 0.3) is 0 Å². The Kier molecular flexibility index (Phi) is 5.07. The fourth-order valence-electron chi connectivity index (χ4n) is 5.13. The molecule has 0 N–H and O–H groups in total. The minimum absolute atomic E-state index is 0.0226. The Hall–Kier alpha value is -3.42. The van der Waals surface area contributed by atoms with Crippen molar-refractivity contribution in [2.45, 2.75) is 31.8 Å². The van der Waals surface area contributed by atoms with Crippen molar-refractivity contribution in [3.8, 4) is 0 Å². The molecule has 2 fully saturated rings. The second-order valence-corrected chi connectivity index (χ2v) is 8.73. The Labute approximate surface area is 187 Å². The number of rotatable bonds is 4. The van der Waals surface area contributed by atoms with Crippen molar-refractivity contribution in [1.29, 1.82) is 0 Å². The highest BCUT2D eigenvalue weighted by molar-refractivity contribution is 6.10. The van der Waals surface area contributed by atoms with Crippen LogP contribution in [0, 0.1) is 0 Å². The van der Waals surface area contributed by atoms with Crippen LogP contribution in [0.3, 0.4) is 0 Å². The molecule has 32 heavy (non-hydrogen) atoms. The van der Waals surface area contributed by atoms with E-state index >= 15 is 0 Å². The first kappa shape index (κ1) is 20.5. The highest BCUT2D eigenvalue weighted by Gasteiger charge is 2.52. The van der Waals surface area contributed by atoms with Crippen LogP contribution < -0.4 is 9.80 Å². The largest absolute Gasteiger partial charge is 0.353 e. The maximum Gasteiger partial charge on any atom is 0.257 e. The van der Waals surface area contributed by atoms with Gasteiger partial charge in [-0.15, -0.1) is 0 Å². The predicted molar refractivity (Wildman–Crippen MR) is 120 cm³/mol. The van der Waals surface area contributed by atoms with Gasteiger partial charge in [-0.3, -0.25) is 19.3 Å². The van der Waals surface area contributed by atoms with E-state index in [0.717, 1.165) is 18.9 Å². The van der Waals surface area contributed by atoms with Crippen molar-refractivity contribution in [2.75, 3.05) is 42.5 Å². The van der Waals surface area contributed by atoms with Crippen LogP contribution in [0.1, 0.15) is 36.5 Å². The molecule has 2 saturated heterocycles. The molecule has 0 radical (unpaired) electrons. The van der Waals surface area contributed by atoms with Crippen LogP contribution in [0.5, 0.6) is 0 Å². The summed E-state index contributed by atoms with van der Waals surface area (Å²) in [6, 6.07) is 13.1. The number of amides is 3. The zero-order valence-electron chi connectivity index (χ0n) is 18.2. The molecule has 166 valence electrons. The molecule has 0 aliphatic carbocycles. The van der Waals surface area contributed by atoms with E-state index in [1.54, 1.807) is 22.1 Å². The first-order chi connectivity index (χ1) is 15.5. The lowest BCUT2D eigenvalue weighted by molar-refractivity contribution is -0.131. The lowest BCUT2D eigenvalue weighted by Gasteiger charge is -2.48. The van der Waals surface area contributed by atoms with Crippen LogP contribution in [-0.4, -0.2) is 70.9 Å². The van der Waals surface area contributed by atoms with Crippen molar-refractivity contribution < 1.29 is 14.4 Å². The van der Waals surface area contributed by atoms with Gasteiger partial charge in [-0.25, -0.2) is 4.98 Å². The molecule has 5 rings (SSSR count). The maximum absolute atomic E-state index is 13.3. The summed E-state index contributed by atoms with van der Waals surface area (Å²) in [6.07, 6.45) is 2.99. The number of pyridine rings is 1. The van der Waals surface area contributed by atoms with Crippen molar-refractivity contribution in [3.05, 3.63) is 54.2 Å². The second kappa shape index (κ2) is 7.93. The molecule has 8 heteroatoms. The molecule has 1 aromatic heterocycles. The fourth-order valence-corrected chi connectivity index (χ4v) is 5.13. The summed E-state index contributed by atoms with van der Waals surface area (Å²) in [7, 11) is 0. The average Bonchev–Trinajstić information content (AvgIpc) is 3.14. The third-order valence-corrected chi connectivity index (χ3v) is 6.90. The van der Waals surface area contributed by atoms with E-state index < -0.39 is 5.66 Å². The van der Waals surface area contributed by atoms with E-state index in [-0.39, 0.29) is 24.1 Å². The first-order valence-electron chi connectivity index (χ1n) is 11.2. The first-order valence-corrected chi connectivity index (χ1v) is 11.2. The number of nitrogens with zero attached hydrogens (tertiary/aromatic N) is 5. The molecule has 0 bridgehead atoms. The summed E-state index contributed by atoms with van der Waals surface area (Å²) in [4.78, 5) is 50.8. The van der Waals surface area contributed by atoms with E-state index in [9.17, 15) is 14.4 Å². The Balaban J connectivity index is 1.26. The summed E-state index contributed by atoms with van der Waals surface area (Å²) >= 11 is 0. The molecule has 0 saturated carbocycles. The molecular weight excluding hydrogens is 406 g/mol. The van der Waals surface area contributed by atoms with E-state index in [4.69, 9.17) is 0 Å². The minimum Gasteiger partial charge on any atom is -0.353 e. The fraction of sp³-hybridized carbons (Fsp3) is 0.417. The summed E-state index contributed by atoms with van der Waals surface area (Å²) < 4.78 is 0. The molecule has 1 unspecified atom stereocenters. The number of aromatic nitrogens is 1. The van der Waals surface area contributed by atoms with Crippen LogP contribution in [-0.2, 0) is 9.59 Å². The average molecular weight is 434 g/mol. The van der Waals surface area contributed by atoms with Gasteiger partial charge in [0.05, 0.1) is 11.3 Å². The van der Waals surface area contributed by atoms with Gasteiger partial charge >= 0.3 is 0 Å². The lowest BCUT2D eigenvalue weighted by Crippen LogP contribution is -2.62. The number of anilines is 2. The lowest BCUT2D eigenvalue weighted by atomic mass is 9.98. The Morgan fingerprint density at radius 3 is 2.53 bits per heavy atom. The smallest absolute Gasteiger partial charge is 0.257 e. The normalized spacial score (nSPS) is 22.8. The highest BCUT2D eigenvalue weighted by Crippen LogP contribution is 2.44. The van der Waals surface area contributed by atoms with Crippen molar-refractivity contribution >= 4 is 29.2 Å². The molecular formula is C24H27N5O3. The predicted octanol–water partition coefficient (Wildman–Crippen LogP) is 2.12. The van der Waals surface area contributed by atoms with E-state index in [0.29, 0.717) is 43.7 Å². The number of carbonyl (C=O) groups is 3. The molecule has 8 nitrogen and oxygen atoms in total. The van der Waals surface area contributed by atoms with Crippen molar-refractivity contribution in [2.24, 2.45) is 0 Å². The van der Waals surface area contributed by atoms with E-state index in [2.05, 4.69) is 9.88 Å². The maximum atomic E-state index is 13.3. The van der Waals surface area contributed by atoms with Crippen LogP contribution in [0.2, 0.25) is 0 Å². The molecule has 0 spiro atoms. The number of fused-ring (bicyclic) bond motifs is 3. The number of benzene rings is 1. The van der Waals surface area contributed by atoms with Gasteiger partial charge in [0.2, 0.25) is 11.8 Å². The zero-order valence-corrected chi connectivity index (χ0v) is 18.2. The van der Waals surface area contributed by atoms with Gasteiger partial charge in [0.15, 0.2) is 0 Å². The van der Waals surface area contributed by atoms with E-state index in [1.165, 1.54) is 0 Å². The van der Waals surface area contributed by atoms with Gasteiger partial charge in [0.25, 0.3) is 5.91 Å². The van der Waals surface area contributed by atoms with Gasteiger partial charge in [-0.1, -0.05) is 18.2 Å². The van der Waals surface area contributed by atoms with Crippen LogP contribution >= 0.6 is 0 Å². The molecule has 3 aliphatic heterocycles. The second-order valence-electron chi connectivity index (χ2n) is 8.73. The van der Waals surface area contributed by atoms with Crippen molar-refractivity contribution in [3.63, 3.8) is 0 Å². The summed E-state index contributed by atoms with van der Waals surface area (Å²) in [6.45, 7) is 4.97. The number of para-hydroxylation sites is 1. The van der Waals surface area contributed by atoms with Crippen LogP contribution in [0.15, 0.2) is 48.7 Å². The van der Waals surface area contributed by atoms with Gasteiger partial charge in [0.1, 0.15) is 11.5 Å². The molecule has 2 aromatic rings. The number of carbonyl (C=O) groups excluding carboxylic acids is 3. The third-order valence-electron chi connectivity index (χ3n) is 6.90. The van der Waals surface area contributed by atoms with Gasteiger partial charge in [0, 0.05) is 51.8 Å². The molecule has 4 heterocycles. The molecule has 3 amide bonds. The topological polar surface area (TPSA) is 77.1 Å². The molecule has 1 aromatic carbocycles. The number of piperazine rings is 1. The van der Waals surface area contributed by atoms with Crippen molar-refractivity contribution in [1.82, 2.24) is 14.8 Å². The Bertz CT molecular complexity index is 1050.